The van der Waals surface area contributed by atoms with Crippen molar-refractivity contribution in [2.45, 2.75) is 32.4 Å². The number of rotatable bonds is 8. The lowest BCUT2D eigenvalue weighted by atomic mass is 10.1. The van der Waals surface area contributed by atoms with Gasteiger partial charge in [-0.1, -0.05) is 24.3 Å². The van der Waals surface area contributed by atoms with Crippen LogP contribution in [-0.2, 0) is 11.3 Å². The smallest absolute Gasteiger partial charge is 0.258 e. The van der Waals surface area contributed by atoms with E-state index in [0.29, 0.717) is 31.0 Å². The van der Waals surface area contributed by atoms with Gasteiger partial charge in [0.05, 0.1) is 18.3 Å². The van der Waals surface area contributed by atoms with Crippen LogP contribution in [0.1, 0.15) is 35.7 Å². The first kappa shape index (κ1) is 20.2. The number of nitrogens with zero attached hydrogens (tertiary/aromatic N) is 2. The van der Waals surface area contributed by atoms with Gasteiger partial charge >= 0.3 is 0 Å². The highest BCUT2D eigenvalue weighted by Crippen LogP contribution is 2.23. The zero-order valence-electron chi connectivity index (χ0n) is 17.1. The first-order valence-corrected chi connectivity index (χ1v) is 9.97. The Kier molecular flexibility index (Phi) is 6.93. The molecule has 0 N–H and O–H groups in total. The van der Waals surface area contributed by atoms with Crippen molar-refractivity contribution in [1.29, 1.82) is 0 Å². The number of carbonyl (C=O) groups excluding carboxylic acids is 1. The van der Waals surface area contributed by atoms with Crippen molar-refractivity contribution >= 4 is 11.6 Å². The maximum Gasteiger partial charge on any atom is 0.258 e. The summed E-state index contributed by atoms with van der Waals surface area (Å²) in [6, 6.07) is 15.8. The number of amides is 1. The molecular formula is C23H30N2O3. The maximum absolute atomic E-state index is 13.4. The Balaban J connectivity index is 1.82. The molecule has 0 aliphatic carbocycles. The summed E-state index contributed by atoms with van der Waals surface area (Å²) in [5.41, 5.74) is 2.85. The van der Waals surface area contributed by atoms with E-state index in [2.05, 4.69) is 29.2 Å². The lowest BCUT2D eigenvalue weighted by Crippen LogP contribution is -2.37. The van der Waals surface area contributed by atoms with E-state index in [-0.39, 0.29) is 12.0 Å². The number of hydrogen-bond acceptors (Lipinski definition) is 4. The van der Waals surface area contributed by atoms with Gasteiger partial charge in [0.15, 0.2) is 0 Å². The molecule has 0 saturated carbocycles. The molecule has 1 heterocycles. The van der Waals surface area contributed by atoms with Gasteiger partial charge in [-0.05, 0) is 49.6 Å². The van der Waals surface area contributed by atoms with Crippen LogP contribution in [0.5, 0.6) is 5.75 Å². The molecule has 1 amide bonds. The minimum atomic E-state index is -0.0174. The number of carbonyl (C=O) groups is 1. The molecule has 150 valence electrons. The molecule has 2 aromatic carbocycles. The number of ether oxygens (including phenoxy) is 2. The average Bonchev–Trinajstić information content (AvgIpc) is 3.21. The molecule has 0 spiro atoms. The molecule has 28 heavy (non-hydrogen) atoms. The van der Waals surface area contributed by atoms with E-state index < -0.39 is 0 Å². The Bertz CT molecular complexity index is 768. The van der Waals surface area contributed by atoms with Gasteiger partial charge in [-0.3, -0.25) is 4.79 Å². The van der Waals surface area contributed by atoms with E-state index in [9.17, 15) is 4.79 Å². The third-order valence-electron chi connectivity index (χ3n) is 4.98. The highest BCUT2D eigenvalue weighted by molar-refractivity contribution is 5.97. The Labute approximate surface area is 167 Å². The lowest BCUT2D eigenvalue weighted by molar-refractivity contribution is 0.0504. The quantitative estimate of drug-likeness (QED) is 0.693. The second-order valence-corrected chi connectivity index (χ2v) is 7.31. The standard InChI is InChI=1S/C23H30N2O3/c1-4-27-22-10-6-5-9-21(22)23(26)25(17-20-8-7-15-28-20)16-18-11-13-19(14-12-18)24(2)3/h5-6,9-14,20H,4,7-8,15-17H2,1-3H3/t20-/m1/s1. The van der Waals surface area contributed by atoms with Gasteiger partial charge in [0.2, 0.25) is 0 Å². The number of para-hydroxylation sites is 1. The fourth-order valence-corrected chi connectivity index (χ4v) is 3.47. The molecule has 1 saturated heterocycles. The zero-order valence-corrected chi connectivity index (χ0v) is 17.1. The molecule has 1 aliphatic rings. The summed E-state index contributed by atoms with van der Waals surface area (Å²) in [4.78, 5) is 17.3. The molecule has 2 aromatic rings. The summed E-state index contributed by atoms with van der Waals surface area (Å²) in [6.45, 7) is 4.38. The van der Waals surface area contributed by atoms with Crippen LogP contribution in [0.4, 0.5) is 5.69 Å². The summed E-state index contributed by atoms with van der Waals surface area (Å²) in [5.74, 6) is 0.617. The fourth-order valence-electron chi connectivity index (χ4n) is 3.47. The van der Waals surface area contributed by atoms with E-state index in [1.165, 1.54) is 0 Å². The number of benzene rings is 2. The second kappa shape index (κ2) is 9.60. The topological polar surface area (TPSA) is 42.0 Å². The third-order valence-corrected chi connectivity index (χ3v) is 4.98. The predicted molar refractivity (Wildman–Crippen MR) is 112 cm³/mol. The van der Waals surface area contributed by atoms with Crippen molar-refractivity contribution in [3.05, 3.63) is 59.7 Å². The van der Waals surface area contributed by atoms with E-state index in [4.69, 9.17) is 9.47 Å². The van der Waals surface area contributed by atoms with Gasteiger partial charge in [-0.25, -0.2) is 0 Å². The van der Waals surface area contributed by atoms with Crippen molar-refractivity contribution < 1.29 is 14.3 Å². The van der Waals surface area contributed by atoms with E-state index in [1.54, 1.807) is 0 Å². The van der Waals surface area contributed by atoms with Crippen LogP contribution >= 0.6 is 0 Å². The van der Waals surface area contributed by atoms with Gasteiger partial charge in [0.1, 0.15) is 5.75 Å². The van der Waals surface area contributed by atoms with Gasteiger partial charge in [-0.15, -0.1) is 0 Å². The van der Waals surface area contributed by atoms with Gasteiger partial charge in [0, 0.05) is 39.5 Å². The van der Waals surface area contributed by atoms with Crippen LogP contribution in [-0.4, -0.2) is 50.8 Å². The normalized spacial score (nSPS) is 16.0. The van der Waals surface area contributed by atoms with Crippen molar-refractivity contribution in [2.75, 3.05) is 38.8 Å². The SMILES string of the molecule is CCOc1ccccc1C(=O)N(Cc1ccc(N(C)C)cc1)C[C@H]1CCCO1. The highest BCUT2D eigenvalue weighted by Gasteiger charge is 2.25. The highest BCUT2D eigenvalue weighted by atomic mass is 16.5. The molecule has 0 bridgehead atoms. The van der Waals surface area contributed by atoms with E-state index in [1.807, 2.05) is 50.2 Å². The van der Waals surface area contributed by atoms with Crippen LogP contribution in [0, 0.1) is 0 Å². The first-order chi connectivity index (χ1) is 13.6. The molecule has 1 aliphatic heterocycles. The fraction of sp³-hybridized carbons (Fsp3) is 0.435. The third kappa shape index (κ3) is 5.04. The molecule has 5 heteroatoms. The maximum atomic E-state index is 13.4. The summed E-state index contributed by atoms with van der Waals surface area (Å²) in [5, 5.41) is 0. The Hall–Kier alpha value is -2.53. The summed E-state index contributed by atoms with van der Waals surface area (Å²) in [6.07, 6.45) is 2.15. The van der Waals surface area contributed by atoms with Crippen LogP contribution in [0.3, 0.4) is 0 Å². The largest absolute Gasteiger partial charge is 0.493 e. The van der Waals surface area contributed by atoms with Gasteiger partial charge in [-0.2, -0.15) is 0 Å². The Morgan fingerprint density at radius 1 is 1.14 bits per heavy atom. The molecule has 1 fully saturated rings. The van der Waals surface area contributed by atoms with E-state index in [0.717, 1.165) is 30.7 Å². The molecule has 3 rings (SSSR count). The predicted octanol–water partition coefficient (Wildman–Crippen LogP) is 3.97. The average molecular weight is 383 g/mol. The summed E-state index contributed by atoms with van der Waals surface area (Å²) >= 11 is 0. The number of hydrogen-bond donors (Lipinski definition) is 0. The molecule has 1 atom stereocenters. The van der Waals surface area contributed by atoms with Crippen LogP contribution in [0.15, 0.2) is 48.5 Å². The number of anilines is 1. The minimum Gasteiger partial charge on any atom is -0.493 e. The summed E-state index contributed by atoms with van der Waals surface area (Å²) in [7, 11) is 4.04. The van der Waals surface area contributed by atoms with Crippen molar-refractivity contribution in [2.24, 2.45) is 0 Å². The van der Waals surface area contributed by atoms with Gasteiger partial charge < -0.3 is 19.3 Å². The first-order valence-electron chi connectivity index (χ1n) is 9.97. The molecule has 0 radical (unpaired) electrons. The van der Waals surface area contributed by atoms with Crippen LogP contribution in [0.2, 0.25) is 0 Å². The second-order valence-electron chi connectivity index (χ2n) is 7.31. The van der Waals surface area contributed by atoms with Crippen LogP contribution in [0.25, 0.3) is 0 Å². The van der Waals surface area contributed by atoms with Crippen molar-refractivity contribution in [3.63, 3.8) is 0 Å². The summed E-state index contributed by atoms with van der Waals surface area (Å²) < 4.78 is 11.5. The molecular weight excluding hydrogens is 352 g/mol. The molecule has 0 unspecified atom stereocenters. The van der Waals surface area contributed by atoms with Crippen LogP contribution < -0.4 is 9.64 Å². The zero-order chi connectivity index (χ0) is 19.9. The van der Waals surface area contributed by atoms with Crippen molar-refractivity contribution in [3.8, 4) is 5.75 Å². The lowest BCUT2D eigenvalue weighted by Gasteiger charge is -2.26. The van der Waals surface area contributed by atoms with E-state index >= 15 is 0 Å². The Morgan fingerprint density at radius 2 is 1.89 bits per heavy atom. The minimum absolute atomic E-state index is 0.0174. The van der Waals surface area contributed by atoms with Crippen molar-refractivity contribution in [1.82, 2.24) is 4.90 Å². The monoisotopic (exact) mass is 382 g/mol. The Morgan fingerprint density at radius 3 is 2.54 bits per heavy atom. The molecule has 5 nitrogen and oxygen atoms in total. The van der Waals surface area contributed by atoms with Gasteiger partial charge in [0.25, 0.3) is 5.91 Å². The molecule has 0 aromatic heterocycles.